The summed E-state index contributed by atoms with van der Waals surface area (Å²) in [5.41, 5.74) is 2.46. The first-order valence-electron chi connectivity index (χ1n) is 11.8. The van der Waals surface area contributed by atoms with Crippen LogP contribution >= 0.6 is 0 Å². The van der Waals surface area contributed by atoms with Gasteiger partial charge < -0.3 is 19.1 Å². The standard InChI is InChI=1S/C26H29N3O5S/c1-18-13-28(14-19(2)34-18)25(30)16-27-15-24(21-8-4-6-10-23(21)27)35(32,33)17-26(31)29-12-11-20-7-3-5-9-22(20)29/h3-10,15,18-19H,11-14,16-17H2,1-2H3/t18-,19-/m0/s1. The lowest BCUT2D eigenvalue weighted by Gasteiger charge is -2.35. The summed E-state index contributed by atoms with van der Waals surface area (Å²) in [6, 6.07) is 14.7. The van der Waals surface area contributed by atoms with E-state index in [-0.39, 0.29) is 29.6 Å². The molecule has 2 aliphatic heterocycles. The highest BCUT2D eigenvalue weighted by molar-refractivity contribution is 7.92. The minimum absolute atomic E-state index is 0.0168. The van der Waals surface area contributed by atoms with Crippen LogP contribution in [0.5, 0.6) is 0 Å². The molecule has 2 amide bonds. The molecule has 184 valence electrons. The number of nitrogens with zero attached hydrogens (tertiary/aromatic N) is 3. The van der Waals surface area contributed by atoms with Gasteiger partial charge in [0.1, 0.15) is 12.3 Å². The van der Waals surface area contributed by atoms with E-state index in [0.29, 0.717) is 37.0 Å². The smallest absolute Gasteiger partial charge is 0.242 e. The van der Waals surface area contributed by atoms with Crippen molar-refractivity contribution in [2.24, 2.45) is 0 Å². The first-order chi connectivity index (χ1) is 16.7. The summed E-state index contributed by atoms with van der Waals surface area (Å²) < 4.78 is 34.3. The normalized spacial score (nSPS) is 20.3. The first kappa shape index (κ1) is 23.6. The van der Waals surface area contributed by atoms with Crippen LogP contribution in [0.4, 0.5) is 5.69 Å². The molecule has 0 N–H and O–H groups in total. The second kappa shape index (κ2) is 9.13. The fraction of sp³-hybridized carbons (Fsp3) is 0.385. The van der Waals surface area contributed by atoms with Crippen LogP contribution in [-0.2, 0) is 37.1 Å². The molecule has 0 aliphatic carbocycles. The van der Waals surface area contributed by atoms with E-state index < -0.39 is 21.5 Å². The molecule has 8 nitrogen and oxygen atoms in total. The lowest BCUT2D eigenvalue weighted by molar-refractivity contribution is -0.143. The monoisotopic (exact) mass is 495 g/mol. The lowest BCUT2D eigenvalue weighted by atomic mass is 10.2. The number of amides is 2. The van der Waals surface area contributed by atoms with Crippen molar-refractivity contribution in [1.82, 2.24) is 9.47 Å². The number of rotatable bonds is 5. The zero-order valence-corrected chi connectivity index (χ0v) is 20.7. The summed E-state index contributed by atoms with van der Waals surface area (Å²) in [5, 5.41) is 0.513. The molecule has 0 bridgehead atoms. The molecule has 2 aliphatic rings. The molecule has 0 radical (unpaired) electrons. The van der Waals surface area contributed by atoms with Crippen molar-refractivity contribution >= 4 is 38.2 Å². The number of ether oxygens (including phenoxy) is 1. The Kier molecular flexibility index (Phi) is 6.14. The Hall–Kier alpha value is -3.17. The Morgan fingerprint density at radius 2 is 1.66 bits per heavy atom. The number of morpholine rings is 1. The van der Waals surface area contributed by atoms with Gasteiger partial charge in [0.25, 0.3) is 0 Å². The number of hydrogen-bond donors (Lipinski definition) is 0. The third-order valence-electron chi connectivity index (χ3n) is 6.67. The largest absolute Gasteiger partial charge is 0.372 e. The zero-order valence-electron chi connectivity index (χ0n) is 19.9. The fourth-order valence-electron chi connectivity index (χ4n) is 5.13. The summed E-state index contributed by atoms with van der Waals surface area (Å²) in [6.07, 6.45) is 2.10. The van der Waals surface area contributed by atoms with Crippen molar-refractivity contribution in [2.45, 2.75) is 43.9 Å². The number of sulfone groups is 1. The number of aromatic nitrogens is 1. The SMILES string of the molecule is C[C@H]1CN(C(=O)Cn2cc(S(=O)(=O)CC(=O)N3CCc4ccccc43)c3ccccc32)C[C@H](C)O1. The highest BCUT2D eigenvalue weighted by Crippen LogP contribution is 2.30. The Balaban J connectivity index is 1.41. The Morgan fingerprint density at radius 3 is 2.43 bits per heavy atom. The molecule has 0 saturated carbocycles. The number of carbonyl (C=O) groups excluding carboxylic acids is 2. The molecule has 9 heteroatoms. The van der Waals surface area contributed by atoms with Crippen LogP contribution in [-0.4, -0.2) is 67.3 Å². The van der Waals surface area contributed by atoms with Gasteiger partial charge in [0.2, 0.25) is 11.8 Å². The molecule has 3 heterocycles. The maximum Gasteiger partial charge on any atom is 0.242 e. The third kappa shape index (κ3) is 4.58. The predicted octanol–water partition coefficient (Wildman–Crippen LogP) is 2.64. The highest BCUT2D eigenvalue weighted by Gasteiger charge is 2.31. The van der Waals surface area contributed by atoms with Crippen LogP contribution in [0.25, 0.3) is 10.9 Å². The minimum Gasteiger partial charge on any atom is -0.372 e. The Morgan fingerprint density at radius 1 is 0.971 bits per heavy atom. The van der Waals surface area contributed by atoms with Crippen LogP contribution in [0.2, 0.25) is 0 Å². The minimum atomic E-state index is -3.94. The molecule has 1 saturated heterocycles. The maximum atomic E-state index is 13.4. The van der Waals surface area contributed by atoms with Gasteiger partial charge in [-0.25, -0.2) is 8.42 Å². The van der Waals surface area contributed by atoms with Crippen molar-refractivity contribution in [1.29, 1.82) is 0 Å². The van der Waals surface area contributed by atoms with E-state index in [1.165, 1.54) is 6.20 Å². The van der Waals surface area contributed by atoms with Gasteiger partial charge in [-0.2, -0.15) is 0 Å². The molecule has 3 aromatic rings. The van der Waals surface area contributed by atoms with E-state index in [9.17, 15) is 18.0 Å². The van der Waals surface area contributed by atoms with Crippen LogP contribution in [0, 0.1) is 0 Å². The molecule has 0 spiro atoms. The van der Waals surface area contributed by atoms with Crippen molar-refractivity contribution in [3.05, 3.63) is 60.3 Å². The van der Waals surface area contributed by atoms with E-state index in [0.717, 1.165) is 11.3 Å². The number of para-hydroxylation sites is 2. The van der Waals surface area contributed by atoms with E-state index in [4.69, 9.17) is 4.74 Å². The lowest BCUT2D eigenvalue weighted by Crippen LogP contribution is -2.49. The zero-order chi connectivity index (χ0) is 24.7. The van der Waals surface area contributed by atoms with Crippen molar-refractivity contribution in [3.63, 3.8) is 0 Å². The molecule has 2 atom stereocenters. The summed E-state index contributed by atoms with van der Waals surface area (Å²) in [7, 11) is -3.94. The van der Waals surface area contributed by atoms with Crippen LogP contribution in [0.3, 0.4) is 0 Å². The van der Waals surface area contributed by atoms with Crippen LogP contribution < -0.4 is 4.90 Å². The van der Waals surface area contributed by atoms with Gasteiger partial charge in [-0.3, -0.25) is 9.59 Å². The first-order valence-corrected chi connectivity index (χ1v) is 13.5. The van der Waals surface area contributed by atoms with Gasteiger partial charge in [0.15, 0.2) is 9.84 Å². The van der Waals surface area contributed by atoms with Gasteiger partial charge in [0, 0.05) is 42.4 Å². The van der Waals surface area contributed by atoms with E-state index in [1.54, 1.807) is 32.6 Å². The summed E-state index contributed by atoms with van der Waals surface area (Å²) in [6.45, 7) is 5.35. The third-order valence-corrected chi connectivity index (χ3v) is 8.29. The van der Waals surface area contributed by atoms with Gasteiger partial charge >= 0.3 is 0 Å². The average molecular weight is 496 g/mol. The molecule has 35 heavy (non-hydrogen) atoms. The predicted molar refractivity (Wildman–Crippen MR) is 133 cm³/mol. The Bertz CT molecular complexity index is 1390. The van der Waals surface area contributed by atoms with Crippen LogP contribution in [0.15, 0.2) is 59.6 Å². The van der Waals surface area contributed by atoms with Crippen molar-refractivity contribution < 1.29 is 22.7 Å². The maximum absolute atomic E-state index is 13.4. The molecule has 5 rings (SSSR count). The van der Waals surface area contributed by atoms with Crippen molar-refractivity contribution in [3.8, 4) is 0 Å². The number of anilines is 1. The molecule has 1 aromatic heterocycles. The van der Waals surface area contributed by atoms with E-state index in [2.05, 4.69) is 0 Å². The fourth-order valence-corrected chi connectivity index (χ4v) is 6.57. The molecule has 2 aromatic carbocycles. The highest BCUT2D eigenvalue weighted by atomic mass is 32.2. The Labute approximate surface area is 205 Å². The topological polar surface area (TPSA) is 88.9 Å². The van der Waals surface area contributed by atoms with E-state index in [1.807, 2.05) is 44.2 Å². The molecule has 1 fully saturated rings. The number of benzene rings is 2. The summed E-state index contributed by atoms with van der Waals surface area (Å²) in [5.74, 6) is -1.16. The van der Waals surface area contributed by atoms with Crippen LogP contribution in [0.1, 0.15) is 19.4 Å². The second-order valence-corrected chi connectivity index (χ2v) is 11.3. The van der Waals surface area contributed by atoms with Gasteiger partial charge in [-0.15, -0.1) is 0 Å². The van der Waals surface area contributed by atoms with Crippen molar-refractivity contribution in [2.75, 3.05) is 30.3 Å². The van der Waals surface area contributed by atoms with Gasteiger partial charge in [-0.05, 0) is 38.0 Å². The summed E-state index contributed by atoms with van der Waals surface area (Å²) >= 11 is 0. The van der Waals surface area contributed by atoms with Gasteiger partial charge in [0.05, 0.1) is 17.1 Å². The van der Waals surface area contributed by atoms with Gasteiger partial charge in [-0.1, -0.05) is 36.4 Å². The molecular formula is C26H29N3O5S. The van der Waals surface area contributed by atoms with E-state index >= 15 is 0 Å². The quantitative estimate of drug-likeness (QED) is 0.543. The summed E-state index contributed by atoms with van der Waals surface area (Å²) in [4.78, 5) is 29.5. The number of carbonyl (C=O) groups is 2. The number of hydrogen-bond acceptors (Lipinski definition) is 5. The molecular weight excluding hydrogens is 466 g/mol. The second-order valence-electron chi connectivity index (χ2n) is 9.38. The average Bonchev–Trinajstić information content (AvgIpc) is 3.41. The number of fused-ring (bicyclic) bond motifs is 2. The molecule has 0 unspecified atom stereocenters.